The van der Waals surface area contributed by atoms with E-state index in [1.807, 2.05) is 0 Å². The minimum atomic E-state index is -4.07. The molecule has 0 saturated carbocycles. The maximum atomic E-state index is 12.9. The number of thiol groups is 2. The molecule has 0 saturated heterocycles. The molecule has 1 aromatic carbocycles. The smallest absolute Gasteiger partial charge is 0.216 e. The quantitative estimate of drug-likeness (QED) is 0.262. The Hall–Kier alpha value is -0.460. The molecule has 0 aliphatic carbocycles. The van der Waals surface area contributed by atoms with Gasteiger partial charge in [0.1, 0.15) is 13.4 Å². The third-order valence-corrected chi connectivity index (χ3v) is 6.87. The van der Waals surface area contributed by atoms with Crippen molar-refractivity contribution in [1.82, 2.24) is 0 Å². The Morgan fingerprint density at radius 1 is 1.13 bits per heavy atom. The summed E-state index contributed by atoms with van der Waals surface area (Å²) in [4.78, 5) is -0.488. The molecular weight excluding hydrogens is 482 g/mol. The summed E-state index contributed by atoms with van der Waals surface area (Å²) in [5, 5.41) is 9.55. The summed E-state index contributed by atoms with van der Waals surface area (Å²) < 4.78 is 23.2. The summed E-state index contributed by atoms with van der Waals surface area (Å²) in [7, 11) is -4.07. The molecule has 1 rings (SSSR count). The average molecular weight is 495 g/mol. The molecule has 0 N–H and O–H groups in total. The number of alkyl halides is 2. The van der Waals surface area contributed by atoms with E-state index in [4.69, 9.17) is 0 Å². The van der Waals surface area contributed by atoms with Crippen molar-refractivity contribution in [2.45, 2.75) is 12.2 Å². The predicted octanol–water partition coefficient (Wildman–Crippen LogP) is 4.65. The molecule has 0 radical (unpaired) electrons. The second-order valence-corrected chi connectivity index (χ2v) is 11.4. The van der Waals surface area contributed by atoms with Gasteiger partial charge >= 0.3 is 0 Å². The Morgan fingerprint density at radius 3 is 1.91 bits per heavy atom. The third kappa shape index (κ3) is 4.34. The van der Waals surface area contributed by atoms with Gasteiger partial charge < -0.3 is 0 Å². The lowest BCUT2D eigenvalue weighted by molar-refractivity contribution is 0.602. The Kier molecular flexibility index (Phi) is 6.82. The van der Waals surface area contributed by atoms with Crippen LogP contribution in [-0.2, 0) is 9.84 Å². The van der Waals surface area contributed by atoms with Crippen LogP contribution in [0.3, 0.4) is 0 Å². The van der Waals surface area contributed by atoms with Crippen LogP contribution in [0.25, 0.3) is 0 Å². The Labute approximate surface area is 164 Å². The molecule has 0 aliphatic heterocycles. The van der Waals surface area contributed by atoms with Crippen molar-refractivity contribution in [3.63, 3.8) is 0 Å². The van der Waals surface area contributed by atoms with Gasteiger partial charge in [-0.25, -0.2) is 8.42 Å². The molecule has 0 amide bonds. The standard InChI is InChI=1S/C15H13Br2NO2S3/c1-3-14(16,21)13(15(17,22)4-2)12(10-18)23(19,20)11-8-6-5-7-9-11/h3-9,21-22H,1-2H2. The van der Waals surface area contributed by atoms with Crippen LogP contribution < -0.4 is 0 Å². The third-order valence-electron chi connectivity index (χ3n) is 2.89. The molecule has 0 fully saturated rings. The fourth-order valence-corrected chi connectivity index (χ4v) is 5.87. The largest absolute Gasteiger partial charge is 0.218 e. The monoisotopic (exact) mass is 493 g/mol. The first-order valence-corrected chi connectivity index (χ1v) is 10.1. The van der Waals surface area contributed by atoms with Crippen LogP contribution in [0.1, 0.15) is 0 Å². The van der Waals surface area contributed by atoms with Gasteiger partial charge in [0, 0.05) is 5.57 Å². The van der Waals surface area contributed by atoms with Gasteiger partial charge in [-0.1, -0.05) is 62.2 Å². The van der Waals surface area contributed by atoms with Crippen molar-refractivity contribution < 1.29 is 8.42 Å². The van der Waals surface area contributed by atoms with Crippen LogP contribution >= 0.6 is 57.1 Å². The van der Waals surface area contributed by atoms with Gasteiger partial charge in [-0.3, -0.25) is 0 Å². The molecule has 0 aliphatic rings. The van der Waals surface area contributed by atoms with Gasteiger partial charge in [-0.15, -0.1) is 13.2 Å². The Morgan fingerprint density at radius 2 is 1.57 bits per heavy atom. The lowest BCUT2D eigenvalue weighted by Gasteiger charge is -2.31. The van der Waals surface area contributed by atoms with Crippen LogP contribution in [0.5, 0.6) is 0 Å². The van der Waals surface area contributed by atoms with E-state index in [0.717, 1.165) is 0 Å². The van der Waals surface area contributed by atoms with E-state index in [1.54, 1.807) is 24.3 Å². The van der Waals surface area contributed by atoms with Crippen LogP contribution in [0, 0.1) is 11.3 Å². The minimum Gasteiger partial charge on any atom is -0.218 e. The summed E-state index contributed by atoms with van der Waals surface area (Å²) in [6.07, 6.45) is 2.72. The van der Waals surface area contributed by atoms with Crippen molar-refractivity contribution in [3.05, 3.63) is 66.1 Å². The fourth-order valence-electron chi connectivity index (χ4n) is 1.74. The molecular formula is C15H13Br2NO2S3. The molecule has 0 heterocycles. The Bertz CT molecular complexity index is 770. The molecule has 0 spiro atoms. The van der Waals surface area contributed by atoms with Crippen molar-refractivity contribution in [3.8, 4) is 6.07 Å². The molecule has 2 atom stereocenters. The number of nitrogens with zero attached hydrogens (tertiary/aromatic N) is 1. The van der Waals surface area contributed by atoms with Gasteiger partial charge in [0.05, 0.1) is 4.90 Å². The van der Waals surface area contributed by atoms with Crippen molar-refractivity contribution in [1.29, 1.82) is 5.26 Å². The Balaban J connectivity index is 3.90. The highest BCUT2D eigenvalue weighted by atomic mass is 79.9. The highest BCUT2D eigenvalue weighted by Crippen LogP contribution is 2.49. The second kappa shape index (κ2) is 7.62. The van der Waals surface area contributed by atoms with Crippen LogP contribution in [0.2, 0.25) is 0 Å². The van der Waals surface area contributed by atoms with Gasteiger partial charge in [0.25, 0.3) is 0 Å². The molecule has 8 heteroatoms. The first kappa shape index (κ1) is 20.6. The lowest BCUT2D eigenvalue weighted by Crippen LogP contribution is -2.29. The number of rotatable bonds is 6. The molecule has 122 valence electrons. The molecule has 1 aromatic rings. The number of halogens is 2. The van der Waals surface area contributed by atoms with E-state index < -0.39 is 22.1 Å². The van der Waals surface area contributed by atoms with Crippen LogP contribution in [0.15, 0.2) is 71.0 Å². The normalized spacial score (nSPS) is 16.3. The van der Waals surface area contributed by atoms with E-state index in [9.17, 15) is 13.7 Å². The van der Waals surface area contributed by atoms with Crippen molar-refractivity contribution in [2.75, 3.05) is 0 Å². The van der Waals surface area contributed by atoms with Gasteiger partial charge in [-0.05, 0) is 12.1 Å². The number of sulfone groups is 1. The first-order chi connectivity index (χ1) is 10.5. The van der Waals surface area contributed by atoms with Gasteiger partial charge in [0.15, 0.2) is 4.91 Å². The molecule has 23 heavy (non-hydrogen) atoms. The number of benzene rings is 1. The van der Waals surface area contributed by atoms with E-state index in [-0.39, 0.29) is 10.5 Å². The summed E-state index contributed by atoms with van der Waals surface area (Å²) >= 11 is 15.3. The molecule has 0 aromatic heterocycles. The zero-order valence-electron chi connectivity index (χ0n) is 11.8. The molecule has 2 unspecified atom stereocenters. The van der Waals surface area contributed by atoms with Crippen LogP contribution in [-0.4, -0.2) is 15.7 Å². The topological polar surface area (TPSA) is 57.9 Å². The maximum absolute atomic E-state index is 12.9. The van der Waals surface area contributed by atoms with Gasteiger partial charge in [0.2, 0.25) is 9.84 Å². The maximum Gasteiger partial charge on any atom is 0.216 e. The van der Waals surface area contributed by atoms with E-state index in [0.29, 0.717) is 0 Å². The number of allylic oxidation sites excluding steroid dienone is 1. The number of nitriles is 1. The SMILES string of the molecule is C=CC(S)(Br)C(=C(C#N)S(=O)(=O)c1ccccc1)C(S)(Br)C=C. The van der Waals surface area contributed by atoms with Crippen molar-refractivity contribution >= 4 is 67.0 Å². The first-order valence-electron chi connectivity index (χ1n) is 6.09. The lowest BCUT2D eigenvalue weighted by atomic mass is 10.1. The zero-order valence-corrected chi connectivity index (χ0v) is 17.6. The summed E-state index contributed by atoms with van der Waals surface area (Å²) in [5.41, 5.74) is 0.0491. The second-order valence-electron chi connectivity index (χ2n) is 4.39. The summed E-state index contributed by atoms with van der Waals surface area (Å²) in [6.45, 7) is 7.24. The zero-order chi connectivity index (χ0) is 17.9. The highest BCUT2D eigenvalue weighted by molar-refractivity contribution is 9.12. The number of hydrogen-bond acceptors (Lipinski definition) is 5. The average Bonchev–Trinajstić information content (AvgIpc) is 2.52. The van der Waals surface area contributed by atoms with Crippen molar-refractivity contribution in [2.24, 2.45) is 0 Å². The van der Waals surface area contributed by atoms with Gasteiger partial charge in [-0.2, -0.15) is 30.5 Å². The summed E-state index contributed by atoms with van der Waals surface area (Å²) in [6, 6.07) is 9.42. The molecule has 0 bridgehead atoms. The highest BCUT2D eigenvalue weighted by Gasteiger charge is 2.42. The molecule has 3 nitrogen and oxygen atoms in total. The van der Waals surface area contributed by atoms with E-state index in [1.165, 1.54) is 24.3 Å². The fraction of sp³-hybridized carbons (Fsp3) is 0.133. The van der Waals surface area contributed by atoms with E-state index >= 15 is 0 Å². The van der Waals surface area contributed by atoms with E-state index in [2.05, 4.69) is 70.3 Å². The predicted molar refractivity (Wildman–Crippen MR) is 108 cm³/mol. The number of hydrogen-bond donors (Lipinski definition) is 2. The minimum absolute atomic E-state index is 0.00422. The summed E-state index contributed by atoms with van der Waals surface area (Å²) in [5.74, 6) is 0. The van der Waals surface area contributed by atoms with Crippen LogP contribution in [0.4, 0.5) is 0 Å².